The van der Waals surface area contributed by atoms with Crippen molar-refractivity contribution < 1.29 is 4.39 Å². The lowest BCUT2D eigenvalue weighted by Gasteiger charge is -2.12. The molecule has 1 heterocycles. The van der Waals surface area contributed by atoms with E-state index in [1.807, 2.05) is 29.6 Å². The molecule has 84 valence electrons. The van der Waals surface area contributed by atoms with Gasteiger partial charge in [0.05, 0.1) is 6.04 Å². The van der Waals surface area contributed by atoms with Crippen LogP contribution in [0.25, 0.3) is 0 Å². The summed E-state index contributed by atoms with van der Waals surface area (Å²) in [7, 11) is 0. The van der Waals surface area contributed by atoms with Crippen LogP contribution in [0.1, 0.15) is 27.6 Å². The van der Waals surface area contributed by atoms with E-state index in [9.17, 15) is 4.39 Å². The zero-order valence-corrected chi connectivity index (χ0v) is 10.1. The minimum Gasteiger partial charge on any atom is -0.320 e. The molecule has 1 atom stereocenters. The average molecular weight is 235 g/mol. The quantitative estimate of drug-likeness (QED) is 0.846. The minimum absolute atomic E-state index is 0.137. The maximum absolute atomic E-state index is 13.5. The van der Waals surface area contributed by atoms with Gasteiger partial charge in [-0.25, -0.2) is 4.39 Å². The highest BCUT2D eigenvalue weighted by Gasteiger charge is 2.12. The summed E-state index contributed by atoms with van der Waals surface area (Å²) in [6, 6.07) is 7.48. The zero-order chi connectivity index (χ0) is 11.7. The molecule has 0 saturated heterocycles. The van der Waals surface area contributed by atoms with Gasteiger partial charge in [-0.05, 0) is 42.0 Å². The fourth-order valence-corrected chi connectivity index (χ4v) is 2.55. The molecule has 0 aliphatic rings. The van der Waals surface area contributed by atoms with Gasteiger partial charge >= 0.3 is 0 Å². The molecular weight excluding hydrogens is 221 g/mol. The van der Waals surface area contributed by atoms with Crippen LogP contribution in [0.5, 0.6) is 0 Å². The first-order chi connectivity index (χ1) is 7.59. The van der Waals surface area contributed by atoms with E-state index in [0.29, 0.717) is 11.1 Å². The van der Waals surface area contributed by atoms with E-state index in [1.54, 1.807) is 25.2 Å². The summed E-state index contributed by atoms with van der Waals surface area (Å²) in [5.41, 5.74) is 8.42. The number of aryl methyl sites for hydroxylation is 2. The van der Waals surface area contributed by atoms with Crippen molar-refractivity contribution in [3.63, 3.8) is 0 Å². The second kappa shape index (κ2) is 4.36. The van der Waals surface area contributed by atoms with Crippen molar-refractivity contribution in [2.24, 2.45) is 5.73 Å². The Hall–Kier alpha value is -1.19. The molecular formula is C13H14FNS. The summed E-state index contributed by atoms with van der Waals surface area (Å²) in [4.78, 5) is 1.10. The molecule has 0 amide bonds. The van der Waals surface area contributed by atoms with Crippen LogP contribution >= 0.6 is 11.3 Å². The van der Waals surface area contributed by atoms with Crippen molar-refractivity contribution in [2.75, 3.05) is 0 Å². The Kier molecular flexibility index (Phi) is 3.08. The predicted molar refractivity (Wildman–Crippen MR) is 66.2 cm³/mol. The van der Waals surface area contributed by atoms with Crippen LogP contribution in [-0.4, -0.2) is 0 Å². The highest BCUT2D eigenvalue weighted by Crippen LogP contribution is 2.26. The lowest BCUT2D eigenvalue weighted by Crippen LogP contribution is -2.11. The number of hydrogen-bond acceptors (Lipinski definition) is 2. The molecule has 1 unspecified atom stereocenters. The number of halogens is 1. The molecule has 2 aromatic rings. The van der Waals surface area contributed by atoms with Gasteiger partial charge in [-0.15, -0.1) is 11.3 Å². The Balaban J connectivity index is 2.42. The molecule has 1 aromatic heterocycles. The molecule has 0 bridgehead atoms. The average Bonchev–Trinajstić information content (AvgIpc) is 2.77. The monoisotopic (exact) mass is 235 g/mol. The van der Waals surface area contributed by atoms with Gasteiger partial charge in [-0.1, -0.05) is 18.2 Å². The van der Waals surface area contributed by atoms with Crippen molar-refractivity contribution >= 4 is 11.3 Å². The van der Waals surface area contributed by atoms with E-state index < -0.39 is 0 Å². The second-order valence-electron chi connectivity index (χ2n) is 3.96. The van der Waals surface area contributed by atoms with Crippen LogP contribution in [0.3, 0.4) is 0 Å². The van der Waals surface area contributed by atoms with Gasteiger partial charge in [-0.3, -0.25) is 0 Å². The maximum atomic E-state index is 13.5. The van der Waals surface area contributed by atoms with Crippen molar-refractivity contribution in [2.45, 2.75) is 19.9 Å². The van der Waals surface area contributed by atoms with E-state index in [0.717, 1.165) is 10.4 Å². The SMILES string of the molecule is Cc1cc(C(N)c2cccs2)cc(C)c1F. The van der Waals surface area contributed by atoms with Crippen molar-refractivity contribution in [1.82, 2.24) is 0 Å². The lowest BCUT2D eigenvalue weighted by molar-refractivity contribution is 0.607. The Morgan fingerprint density at radius 3 is 2.38 bits per heavy atom. The molecule has 2 N–H and O–H groups in total. The molecule has 0 spiro atoms. The summed E-state index contributed by atoms with van der Waals surface area (Å²) in [6.07, 6.45) is 0. The fraction of sp³-hybridized carbons (Fsp3) is 0.231. The summed E-state index contributed by atoms with van der Waals surface area (Å²) in [5, 5.41) is 2.00. The molecule has 3 heteroatoms. The second-order valence-corrected chi connectivity index (χ2v) is 4.94. The van der Waals surface area contributed by atoms with Crippen LogP contribution in [0.15, 0.2) is 29.6 Å². The van der Waals surface area contributed by atoms with Crippen LogP contribution in [0.4, 0.5) is 4.39 Å². The predicted octanol–water partition coefficient (Wildman–Crippen LogP) is 3.55. The summed E-state index contributed by atoms with van der Waals surface area (Å²) >= 11 is 1.62. The van der Waals surface area contributed by atoms with Crippen LogP contribution in [-0.2, 0) is 0 Å². The van der Waals surface area contributed by atoms with Gasteiger partial charge in [-0.2, -0.15) is 0 Å². The molecule has 2 rings (SSSR count). The third kappa shape index (κ3) is 2.01. The number of thiophene rings is 1. The first kappa shape index (κ1) is 11.3. The topological polar surface area (TPSA) is 26.0 Å². The lowest BCUT2D eigenvalue weighted by atomic mass is 10.0. The maximum Gasteiger partial charge on any atom is 0.129 e. The van der Waals surface area contributed by atoms with E-state index in [-0.39, 0.29) is 11.9 Å². The minimum atomic E-state index is -0.155. The first-order valence-electron chi connectivity index (χ1n) is 5.15. The Morgan fingerprint density at radius 2 is 1.88 bits per heavy atom. The number of rotatable bonds is 2. The molecule has 0 saturated carbocycles. The van der Waals surface area contributed by atoms with Gasteiger partial charge in [0.1, 0.15) is 5.82 Å². The zero-order valence-electron chi connectivity index (χ0n) is 9.33. The smallest absolute Gasteiger partial charge is 0.129 e. The largest absolute Gasteiger partial charge is 0.320 e. The Labute approximate surface area is 98.7 Å². The normalized spacial score (nSPS) is 12.8. The highest BCUT2D eigenvalue weighted by atomic mass is 32.1. The van der Waals surface area contributed by atoms with Gasteiger partial charge in [0, 0.05) is 4.88 Å². The summed E-state index contributed by atoms with van der Waals surface area (Å²) in [6.45, 7) is 3.54. The van der Waals surface area contributed by atoms with Gasteiger partial charge in [0.15, 0.2) is 0 Å². The van der Waals surface area contributed by atoms with E-state index in [4.69, 9.17) is 5.73 Å². The van der Waals surface area contributed by atoms with E-state index >= 15 is 0 Å². The van der Waals surface area contributed by atoms with E-state index in [1.165, 1.54) is 0 Å². The highest BCUT2D eigenvalue weighted by molar-refractivity contribution is 7.10. The van der Waals surface area contributed by atoms with Crippen LogP contribution in [0.2, 0.25) is 0 Å². The van der Waals surface area contributed by atoms with Crippen molar-refractivity contribution in [3.05, 3.63) is 57.0 Å². The summed E-state index contributed by atoms with van der Waals surface area (Å²) in [5.74, 6) is -0.137. The molecule has 1 aromatic carbocycles. The van der Waals surface area contributed by atoms with Gasteiger partial charge in [0.2, 0.25) is 0 Å². The standard InChI is InChI=1S/C13H14FNS/c1-8-6-10(7-9(2)12(8)14)13(15)11-4-3-5-16-11/h3-7,13H,15H2,1-2H3. The molecule has 0 radical (unpaired) electrons. The Bertz CT molecular complexity index is 468. The van der Waals surface area contributed by atoms with Crippen LogP contribution in [0, 0.1) is 19.7 Å². The summed E-state index contributed by atoms with van der Waals surface area (Å²) < 4.78 is 13.5. The Morgan fingerprint density at radius 1 is 1.25 bits per heavy atom. The molecule has 0 aliphatic heterocycles. The first-order valence-corrected chi connectivity index (χ1v) is 6.03. The number of nitrogens with two attached hydrogens (primary N) is 1. The van der Waals surface area contributed by atoms with Crippen molar-refractivity contribution in [1.29, 1.82) is 0 Å². The number of benzene rings is 1. The van der Waals surface area contributed by atoms with Crippen molar-refractivity contribution in [3.8, 4) is 0 Å². The molecule has 0 fully saturated rings. The third-order valence-electron chi connectivity index (χ3n) is 2.67. The third-order valence-corrected chi connectivity index (χ3v) is 3.62. The molecule has 1 nitrogen and oxygen atoms in total. The van der Waals surface area contributed by atoms with Gasteiger partial charge in [0.25, 0.3) is 0 Å². The van der Waals surface area contributed by atoms with Crippen LogP contribution < -0.4 is 5.73 Å². The molecule has 0 aliphatic carbocycles. The number of hydrogen-bond donors (Lipinski definition) is 1. The van der Waals surface area contributed by atoms with Gasteiger partial charge < -0.3 is 5.73 Å². The van der Waals surface area contributed by atoms with E-state index in [2.05, 4.69) is 0 Å². The molecule has 16 heavy (non-hydrogen) atoms. The fourth-order valence-electron chi connectivity index (χ4n) is 1.79.